The number of carbonyl (C=O) groups is 3. The monoisotopic (exact) mass is 550 g/mol. The molecule has 0 saturated carbocycles. The van der Waals surface area contributed by atoms with Crippen LogP contribution in [0.5, 0.6) is 11.5 Å². The number of imide groups is 1. The van der Waals surface area contributed by atoms with Crippen molar-refractivity contribution in [2.75, 3.05) is 18.5 Å². The van der Waals surface area contributed by atoms with E-state index in [0.29, 0.717) is 41.0 Å². The first-order valence-electron chi connectivity index (χ1n) is 12.0. The lowest BCUT2D eigenvalue weighted by molar-refractivity contribution is -0.127. The minimum atomic E-state index is -0.517. The summed E-state index contributed by atoms with van der Waals surface area (Å²) in [6.45, 7) is 6.11. The lowest BCUT2D eigenvalue weighted by Crippen LogP contribution is -2.36. The van der Waals surface area contributed by atoms with Gasteiger partial charge in [-0.15, -0.1) is 0 Å². The van der Waals surface area contributed by atoms with Crippen molar-refractivity contribution >= 4 is 52.2 Å². The minimum Gasteiger partial charge on any atom is -0.490 e. The van der Waals surface area contributed by atoms with Crippen LogP contribution in [-0.2, 0) is 16.2 Å². The van der Waals surface area contributed by atoms with E-state index < -0.39 is 17.1 Å². The van der Waals surface area contributed by atoms with Gasteiger partial charge in [0.05, 0.1) is 11.5 Å². The molecule has 0 radical (unpaired) electrons. The van der Waals surface area contributed by atoms with Crippen molar-refractivity contribution in [3.63, 3.8) is 0 Å². The van der Waals surface area contributed by atoms with Crippen LogP contribution in [0, 0.1) is 13.8 Å². The Morgan fingerprint density at radius 2 is 1.76 bits per heavy atom. The molecule has 0 atom stereocenters. The predicted octanol–water partition coefficient (Wildman–Crippen LogP) is 6.61. The first kappa shape index (κ1) is 27.3. The molecule has 4 rings (SSSR count). The number of amides is 3. The Kier molecular flexibility index (Phi) is 8.76. The number of nitrogens with zero attached hydrogens (tertiary/aromatic N) is 1. The zero-order chi connectivity index (χ0) is 27.2. The molecule has 1 N–H and O–H groups in total. The molecule has 196 valence electrons. The molecule has 0 spiro atoms. The van der Waals surface area contributed by atoms with Gasteiger partial charge in [0.2, 0.25) is 5.91 Å². The highest BCUT2D eigenvalue weighted by Gasteiger charge is 2.36. The topological polar surface area (TPSA) is 84.9 Å². The maximum absolute atomic E-state index is 13.0. The summed E-state index contributed by atoms with van der Waals surface area (Å²) in [7, 11) is 0. The van der Waals surface area contributed by atoms with Crippen molar-refractivity contribution in [3.05, 3.63) is 92.8 Å². The van der Waals surface area contributed by atoms with E-state index in [9.17, 15) is 14.4 Å². The van der Waals surface area contributed by atoms with Gasteiger partial charge in [-0.1, -0.05) is 47.5 Å². The molecule has 0 unspecified atom stereocenters. The van der Waals surface area contributed by atoms with Gasteiger partial charge in [-0.3, -0.25) is 19.3 Å². The second kappa shape index (κ2) is 12.2. The van der Waals surface area contributed by atoms with Crippen LogP contribution in [0.3, 0.4) is 0 Å². The van der Waals surface area contributed by atoms with Crippen LogP contribution in [0.4, 0.5) is 10.5 Å². The molecule has 1 heterocycles. The molecular weight excluding hydrogens is 524 g/mol. The number of carbonyl (C=O) groups excluding carboxylic acids is 3. The standard InChI is InChI=1S/C29H27ClN2O5S/c1-4-36-25-14-21(8-12-24(25)37-17-20-6-9-22(30)10-7-20)15-26-28(34)32(29(35)38-26)16-27(33)31-23-11-5-18(2)13-19(23)3/h5-15H,4,16-17H2,1-3H3,(H,31,33)/b26-15+. The molecule has 7 nitrogen and oxygen atoms in total. The highest BCUT2D eigenvalue weighted by molar-refractivity contribution is 8.18. The Morgan fingerprint density at radius 1 is 1.00 bits per heavy atom. The molecule has 3 aromatic carbocycles. The fourth-order valence-corrected chi connectivity index (χ4v) is 4.78. The molecule has 1 aliphatic heterocycles. The first-order valence-corrected chi connectivity index (χ1v) is 13.2. The molecule has 1 fully saturated rings. The maximum Gasteiger partial charge on any atom is 0.294 e. The normalized spacial score (nSPS) is 14.2. The maximum atomic E-state index is 13.0. The van der Waals surface area contributed by atoms with Crippen molar-refractivity contribution in [1.82, 2.24) is 4.90 Å². The van der Waals surface area contributed by atoms with Crippen LogP contribution in [0.25, 0.3) is 6.08 Å². The SMILES string of the molecule is CCOc1cc(/C=C2/SC(=O)N(CC(=O)Nc3ccc(C)cc3C)C2=O)ccc1OCc1ccc(Cl)cc1. The number of thioether (sulfide) groups is 1. The first-order chi connectivity index (χ1) is 18.2. The Hall–Kier alpha value is -3.75. The van der Waals surface area contributed by atoms with Gasteiger partial charge in [-0.25, -0.2) is 0 Å². The summed E-state index contributed by atoms with van der Waals surface area (Å²) < 4.78 is 11.7. The molecule has 9 heteroatoms. The van der Waals surface area contributed by atoms with E-state index in [1.165, 1.54) is 0 Å². The summed E-state index contributed by atoms with van der Waals surface area (Å²) in [5, 5.41) is 2.93. The van der Waals surface area contributed by atoms with Crippen molar-refractivity contribution in [3.8, 4) is 11.5 Å². The number of halogens is 1. The molecular formula is C29H27ClN2O5S. The van der Waals surface area contributed by atoms with Gasteiger partial charge in [-0.05, 0) is 85.6 Å². The second-order valence-corrected chi connectivity index (χ2v) is 10.1. The number of hydrogen-bond acceptors (Lipinski definition) is 6. The van der Waals surface area contributed by atoms with Gasteiger partial charge in [0.25, 0.3) is 11.1 Å². The summed E-state index contributed by atoms with van der Waals surface area (Å²) in [5.74, 6) is 0.107. The average molecular weight is 551 g/mol. The van der Waals surface area contributed by atoms with Crippen molar-refractivity contribution < 1.29 is 23.9 Å². The molecule has 0 aromatic heterocycles. The van der Waals surface area contributed by atoms with Crippen molar-refractivity contribution in [1.29, 1.82) is 0 Å². The molecule has 3 aromatic rings. The highest BCUT2D eigenvalue weighted by atomic mass is 35.5. The van der Waals surface area contributed by atoms with Gasteiger partial charge in [-0.2, -0.15) is 0 Å². The summed E-state index contributed by atoms with van der Waals surface area (Å²) in [6.07, 6.45) is 1.61. The molecule has 1 saturated heterocycles. The van der Waals surface area contributed by atoms with E-state index >= 15 is 0 Å². The number of rotatable bonds is 9. The number of anilines is 1. The smallest absolute Gasteiger partial charge is 0.294 e. The average Bonchev–Trinajstić information content (AvgIpc) is 3.13. The number of nitrogens with one attached hydrogen (secondary N) is 1. The summed E-state index contributed by atoms with van der Waals surface area (Å²) >= 11 is 6.74. The Morgan fingerprint density at radius 3 is 2.47 bits per heavy atom. The van der Waals surface area contributed by atoms with E-state index in [1.54, 1.807) is 42.5 Å². The third-order valence-corrected chi connectivity index (χ3v) is 6.86. The van der Waals surface area contributed by atoms with Crippen LogP contribution in [0.15, 0.2) is 65.6 Å². The minimum absolute atomic E-state index is 0.228. The van der Waals surface area contributed by atoms with E-state index in [1.807, 2.05) is 45.0 Å². The zero-order valence-corrected chi connectivity index (χ0v) is 22.8. The largest absolute Gasteiger partial charge is 0.490 e. The summed E-state index contributed by atoms with van der Waals surface area (Å²) in [4.78, 5) is 39.2. The number of hydrogen-bond donors (Lipinski definition) is 1. The van der Waals surface area contributed by atoms with Crippen LogP contribution in [0.1, 0.15) is 29.2 Å². The summed E-state index contributed by atoms with van der Waals surface area (Å²) in [6, 6.07) is 18.3. The van der Waals surface area contributed by atoms with E-state index in [4.69, 9.17) is 21.1 Å². The quantitative estimate of drug-likeness (QED) is 0.302. The third-order valence-electron chi connectivity index (χ3n) is 5.70. The number of ether oxygens (including phenoxy) is 2. The second-order valence-electron chi connectivity index (χ2n) is 8.69. The van der Waals surface area contributed by atoms with E-state index in [-0.39, 0.29) is 11.4 Å². The number of benzene rings is 3. The zero-order valence-electron chi connectivity index (χ0n) is 21.2. The van der Waals surface area contributed by atoms with Crippen LogP contribution in [0.2, 0.25) is 5.02 Å². The molecule has 3 amide bonds. The van der Waals surface area contributed by atoms with Crippen LogP contribution >= 0.6 is 23.4 Å². The molecule has 1 aliphatic rings. The number of aryl methyl sites for hydroxylation is 2. The van der Waals surface area contributed by atoms with Gasteiger partial charge in [0.15, 0.2) is 11.5 Å². The lowest BCUT2D eigenvalue weighted by Gasteiger charge is -2.14. The Bertz CT molecular complexity index is 1400. The predicted molar refractivity (Wildman–Crippen MR) is 151 cm³/mol. The van der Waals surface area contributed by atoms with Gasteiger partial charge < -0.3 is 14.8 Å². The Balaban J connectivity index is 1.44. The van der Waals surface area contributed by atoms with Crippen LogP contribution < -0.4 is 14.8 Å². The molecule has 38 heavy (non-hydrogen) atoms. The van der Waals surface area contributed by atoms with E-state index in [0.717, 1.165) is 33.4 Å². The third kappa shape index (κ3) is 6.76. The fraction of sp³-hybridized carbons (Fsp3) is 0.207. The van der Waals surface area contributed by atoms with Crippen LogP contribution in [-0.4, -0.2) is 35.1 Å². The van der Waals surface area contributed by atoms with E-state index in [2.05, 4.69) is 5.32 Å². The Labute approximate surface area is 230 Å². The molecule has 0 bridgehead atoms. The fourth-order valence-electron chi connectivity index (χ4n) is 3.82. The van der Waals surface area contributed by atoms with Gasteiger partial charge in [0.1, 0.15) is 13.2 Å². The highest BCUT2D eigenvalue weighted by Crippen LogP contribution is 2.35. The van der Waals surface area contributed by atoms with Gasteiger partial charge >= 0.3 is 0 Å². The van der Waals surface area contributed by atoms with Crippen molar-refractivity contribution in [2.45, 2.75) is 27.4 Å². The van der Waals surface area contributed by atoms with Gasteiger partial charge in [0, 0.05) is 10.7 Å². The molecule has 0 aliphatic carbocycles. The lowest BCUT2D eigenvalue weighted by atomic mass is 10.1. The van der Waals surface area contributed by atoms with Crippen molar-refractivity contribution in [2.24, 2.45) is 0 Å². The summed E-state index contributed by atoms with van der Waals surface area (Å²) in [5.41, 5.74) is 4.24.